The molecule has 0 aliphatic carbocycles. The molecule has 0 rings (SSSR count). The van der Waals surface area contributed by atoms with Gasteiger partial charge in [-0.15, -0.1) is 0 Å². The van der Waals surface area contributed by atoms with Crippen molar-refractivity contribution in [3.05, 3.63) is 48.6 Å². The minimum Gasteiger partial charge on any atom is -0.394 e. The third kappa shape index (κ3) is 49.2. The van der Waals surface area contributed by atoms with Crippen molar-refractivity contribution in [3.63, 3.8) is 0 Å². The van der Waals surface area contributed by atoms with Crippen molar-refractivity contribution in [2.75, 3.05) is 6.61 Å². The van der Waals surface area contributed by atoms with Crippen molar-refractivity contribution in [1.82, 2.24) is 5.32 Å². The number of amides is 1. The highest BCUT2D eigenvalue weighted by molar-refractivity contribution is 5.76. The van der Waals surface area contributed by atoms with Gasteiger partial charge in [-0.2, -0.15) is 0 Å². The van der Waals surface area contributed by atoms with Gasteiger partial charge in [-0.05, 0) is 70.6 Å². The number of aliphatic hydroxyl groups excluding tert-OH is 2. The average molecular weight is 854 g/mol. The molecule has 0 aliphatic heterocycles. The van der Waals surface area contributed by atoms with Crippen LogP contribution in [0.1, 0.15) is 290 Å². The van der Waals surface area contributed by atoms with E-state index in [1.165, 1.54) is 231 Å². The zero-order valence-corrected chi connectivity index (χ0v) is 41.2. The van der Waals surface area contributed by atoms with Crippen LogP contribution in [-0.2, 0) is 4.79 Å². The van der Waals surface area contributed by atoms with Gasteiger partial charge in [0.15, 0.2) is 0 Å². The molecule has 0 fully saturated rings. The maximum Gasteiger partial charge on any atom is 0.220 e. The molecule has 1 amide bonds. The van der Waals surface area contributed by atoms with E-state index in [2.05, 4.69) is 55.6 Å². The van der Waals surface area contributed by atoms with Crippen LogP contribution in [0.25, 0.3) is 0 Å². The quantitative estimate of drug-likeness (QED) is 0.0422. The molecule has 358 valence electrons. The first kappa shape index (κ1) is 59.4. The second-order valence-electron chi connectivity index (χ2n) is 18.6. The lowest BCUT2D eigenvalue weighted by atomic mass is 10.0. The zero-order chi connectivity index (χ0) is 44.2. The SMILES string of the molecule is CCCCCCCCCCCCC/C=C/CC/C=C/CC/C=C/C(O)C(CO)NC(=O)CCCCCCCCCCCCCC/C=C\CCCCCCCCCCCCCC. The minimum absolute atomic E-state index is 0.0758. The molecule has 2 unspecified atom stereocenters. The standard InChI is InChI=1S/C57H107NO3/c1-3-5-7-9-11-13-15-17-19-21-23-25-26-27-28-29-30-31-33-35-37-39-41-43-45-47-49-51-53-57(61)58-55(54-59)56(60)52-50-48-46-44-42-40-38-36-34-32-24-22-20-18-16-14-12-10-8-6-4-2/h27-28,34,36,42,44,50,52,55-56,59-60H,3-26,29-33,35,37-41,43,45-49,51,53-54H2,1-2H3,(H,58,61)/b28-27-,36-34+,44-42+,52-50+. The third-order valence-corrected chi connectivity index (χ3v) is 12.5. The fraction of sp³-hybridized carbons (Fsp3) is 0.842. The van der Waals surface area contributed by atoms with E-state index in [1.54, 1.807) is 6.08 Å². The second-order valence-corrected chi connectivity index (χ2v) is 18.6. The predicted octanol–water partition coefficient (Wildman–Crippen LogP) is 17.9. The van der Waals surface area contributed by atoms with Crippen LogP contribution in [0.4, 0.5) is 0 Å². The van der Waals surface area contributed by atoms with Gasteiger partial charge in [0.05, 0.1) is 18.8 Å². The van der Waals surface area contributed by atoms with Gasteiger partial charge in [-0.1, -0.05) is 262 Å². The number of hydrogen-bond donors (Lipinski definition) is 3. The van der Waals surface area contributed by atoms with Gasteiger partial charge < -0.3 is 15.5 Å². The van der Waals surface area contributed by atoms with Gasteiger partial charge in [0.25, 0.3) is 0 Å². The Bertz CT molecular complexity index is 970. The normalized spacial score (nSPS) is 13.2. The molecule has 0 aromatic rings. The van der Waals surface area contributed by atoms with Crippen molar-refractivity contribution < 1.29 is 15.0 Å². The predicted molar refractivity (Wildman–Crippen MR) is 271 cm³/mol. The van der Waals surface area contributed by atoms with Gasteiger partial charge in [0, 0.05) is 6.42 Å². The molecule has 0 aromatic carbocycles. The molecule has 0 radical (unpaired) electrons. The molecular formula is C57H107NO3. The summed E-state index contributed by atoms with van der Waals surface area (Å²) in [5.41, 5.74) is 0. The van der Waals surface area contributed by atoms with Gasteiger partial charge in [-0.25, -0.2) is 0 Å². The summed E-state index contributed by atoms with van der Waals surface area (Å²) in [7, 11) is 0. The summed E-state index contributed by atoms with van der Waals surface area (Å²) in [6.07, 6.45) is 72.7. The molecule has 0 saturated heterocycles. The van der Waals surface area contributed by atoms with Crippen LogP contribution in [0.5, 0.6) is 0 Å². The van der Waals surface area contributed by atoms with Crippen LogP contribution in [0, 0.1) is 0 Å². The topological polar surface area (TPSA) is 69.6 Å². The molecule has 0 spiro atoms. The fourth-order valence-corrected chi connectivity index (χ4v) is 8.32. The van der Waals surface area contributed by atoms with E-state index in [-0.39, 0.29) is 12.5 Å². The molecule has 0 aliphatic rings. The van der Waals surface area contributed by atoms with E-state index in [0.717, 1.165) is 38.5 Å². The molecule has 3 N–H and O–H groups in total. The summed E-state index contributed by atoms with van der Waals surface area (Å²) in [4.78, 5) is 12.5. The fourth-order valence-electron chi connectivity index (χ4n) is 8.32. The highest BCUT2D eigenvalue weighted by Gasteiger charge is 2.18. The Labute approximate surface area is 382 Å². The number of carbonyl (C=O) groups excluding carboxylic acids is 1. The molecular weight excluding hydrogens is 747 g/mol. The summed E-state index contributed by atoms with van der Waals surface area (Å²) in [5.74, 6) is -0.0758. The summed E-state index contributed by atoms with van der Waals surface area (Å²) in [5, 5.41) is 23.1. The van der Waals surface area contributed by atoms with Crippen LogP contribution in [0.2, 0.25) is 0 Å². The maximum absolute atomic E-state index is 12.5. The van der Waals surface area contributed by atoms with Gasteiger partial charge in [0.2, 0.25) is 5.91 Å². The van der Waals surface area contributed by atoms with Crippen LogP contribution in [-0.4, -0.2) is 34.9 Å². The van der Waals surface area contributed by atoms with Crippen molar-refractivity contribution in [2.24, 2.45) is 0 Å². The number of rotatable bonds is 50. The highest BCUT2D eigenvalue weighted by Crippen LogP contribution is 2.16. The van der Waals surface area contributed by atoms with Crippen LogP contribution in [0.3, 0.4) is 0 Å². The van der Waals surface area contributed by atoms with E-state index < -0.39 is 12.1 Å². The van der Waals surface area contributed by atoms with Crippen LogP contribution < -0.4 is 5.32 Å². The summed E-state index contributed by atoms with van der Waals surface area (Å²) < 4.78 is 0. The molecule has 0 saturated carbocycles. The Kier molecular flexibility index (Phi) is 51.3. The monoisotopic (exact) mass is 854 g/mol. The molecule has 2 atom stereocenters. The molecule has 0 aromatic heterocycles. The number of carbonyl (C=O) groups is 1. The van der Waals surface area contributed by atoms with Crippen LogP contribution in [0.15, 0.2) is 48.6 Å². The van der Waals surface area contributed by atoms with Crippen molar-refractivity contribution in [2.45, 2.75) is 302 Å². The van der Waals surface area contributed by atoms with E-state index in [4.69, 9.17) is 0 Å². The number of aliphatic hydroxyl groups is 2. The summed E-state index contributed by atoms with van der Waals surface area (Å²) in [6.45, 7) is 4.32. The zero-order valence-electron chi connectivity index (χ0n) is 41.2. The first-order chi connectivity index (χ1) is 30.2. The maximum atomic E-state index is 12.5. The number of unbranched alkanes of at least 4 members (excludes halogenated alkanes) is 37. The number of allylic oxidation sites excluding steroid dienone is 7. The first-order valence-corrected chi connectivity index (χ1v) is 27.4. The molecule has 61 heavy (non-hydrogen) atoms. The lowest BCUT2D eigenvalue weighted by molar-refractivity contribution is -0.123. The Morgan fingerprint density at radius 3 is 0.951 bits per heavy atom. The summed E-state index contributed by atoms with van der Waals surface area (Å²) >= 11 is 0. The van der Waals surface area contributed by atoms with Gasteiger partial charge in [0.1, 0.15) is 0 Å². The molecule has 0 bridgehead atoms. The Balaban J connectivity index is 3.54. The van der Waals surface area contributed by atoms with E-state index in [0.29, 0.717) is 6.42 Å². The second kappa shape index (κ2) is 52.7. The average Bonchev–Trinajstić information content (AvgIpc) is 3.26. The lowest BCUT2D eigenvalue weighted by Gasteiger charge is -2.19. The largest absolute Gasteiger partial charge is 0.394 e. The van der Waals surface area contributed by atoms with Crippen molar-refractivity contribution >= 4 is 5.91 Å². The Hall–Kier alpha value is -1.65. The Morgan fingerprint density at radius 1 is 0.377 bits per heavy atom. The minimum atomic E-state index is -0.871. The van der Waals surface area contributed by atoms with E-state index in [1.807, 2.05) is 6.08 Å². The third-order valence-electron chi connectivity index (χ3n) is 12.5. The van der Waals surface area contributed by atoms with Gasteiger partial charge in [-0.3, -0.25) is 4.79 Å². The van der Waals surface area contributed by atoms with Crippen molar-refractivity contribution in [3.8, 4) is 0 Å². The number of hydrogen-bond acceptors (Lipinski definition) is 3. The lowest BCUT2D eigenvalue weighted by Crippen LogP contribution is -2.45. The molecule has 4 heteroatoms. The van der Waals surface area contributed by atoms with E-state index in [9.17, 15) is 15.0 Å². The number of nitrogens with one attached hydrogen (secondary N) is 1. The molecule has 4 nitrogen and oxygen atoms in total. The smallest absolute Gasteiger partial charge is 0.220 e. The van der Waals surface area contributed by atoms with Gasteiger partial charge >= 0.3 is 0 Å². The summed E-state index contributed by atoms with van der Waals surface area (Å²) in [6, 6.07) is -0.646. The van der Waals surface area contributed by atoms with Crippen molar-refractivity contribution in [1.29, 1.82) is 0 Å². The molecule has 0 heterocycles. The first-order valence-electron chi connectivity index (χ1n) is 27.4. The van der Waals surface area contributed by atoms with E-state index >= 15 is 0 Å². The highest BCUT2D eigenvalue weighted by atomic mass is 16.3. The Morgan fingerprint density at radius 2 is 0.639 bits per heavy atom. The van der Waals surface area contributed by atoms with Crippen LogP contribution >= 0.6 is 0 Å².